The Morgan fingerprint density at radius 3 is 1.87 bits per heavy atom. The van der Waals surface area contributed by atoms with Crippen LogP contribution in [0.25, 0.3) is 24.3 Å². The van der Waals surface area contributed by atoms with Crippen molar-refractivity contribution in [3.8, 4) is 0 Å². The van der Waals surface area contributed by atoms with Crippen LogP contribution in [-0.2, 0) is 5.33 Å². The minimum absolute atomic E-state index is 0.507. The van der Waals surface area contributed by atoms with Gasteiger partial charge in [0.1, 0.15) is 0 Å². The monoisotopic (exact) mass is 366 g/mol. The highest BCUT2D eigenvalue weighted by Gasteiger charge is 2.00. The Kier molecular flexibility index (Phi) is 5.17. The van der Waals surface area contributed by atoms with E-state index < -0.39 is 0 Å². The molecule has 0 aliphatic rings. The van der Waals surface area contributed by atoms with E-state index in [0.717, 1.165) is 11.1 Å². The first-order valence-corrected chi connectivity index (χ1v) is 8.35. The van der Waals surface area contributed by atoms with Crippen LogP contribution in [0.2, 0.25) is 0 Å². The third-order valence-electron chi connectivity index (χ3n) is 3.22. The Morgan fingerprint density at radius 1 is 0.739 bits per heavy atom. The fourth-order valence-electron chi connectivity index (χ4n) is 2.03. The number of nitrogens with zero attached hydrogens (tertiary/aromatic N) is 2. The van der Waals surface area contributed by atoms with Gasteiger partial charge < -0.3 is 4.42 Å². The molecule has 1 heterocycles. The standard InChI is InChI=1S/C19H15BrN2O/c20-14-19-22-21-18(23-19)13-12-17-10-8-16(9-11-17)7-6-15-4-2-1-3-5-15/h1-13H,14H2. The van der Waals surface area contributed by atoms with Crippen LogP contribution >= 0.6 is 15.9 Å². The van der Waals surface area contributed by atoms with Gasteiger partial charge in [0, 0.05) is 6.08 Å². The Bertz CT molecular complexity index is 805. The van der Waals surface area contributed by atoms with E-state index in [9.17, 15) is 0 Å². The van der Waals surface area contributed by atoms with Crippen molar-refractivity contribution in [1.29, 1.82) is 0 Å². The summed E-state index contributed by atoms with van der Waals surface area (Å²) < 4.78 is 5.40. The molecule has 0 amide bonds. The van der Waals surface area contributed by atoms with Gasteiger partial charge in [-0.15, -0.1) is 10.2 Å². The van der Waals surface area contributed by atoms with Gasteiger partial charge in [-0.25, -0.2) is 0 Å². The number of halogens is 1. The van der Waals surface area contributed by atoms with Gasteiger partial charge >= 0.3 is 0 Å². The molecule has 0 saturated carbocycles. The van der Waals surface area contributed by atoms with Crippen LogP contribution in [0.15, 0.2) is 59.0 Å². The van der Waals surface area contributed by atoms with Crippen LogP contribution < -0.4 is 0 Å². The number of hydrogen-bond acceptors (Lipinski definition) is 3. The molecule has 0 bridgehead atoms. The van der Waals surface area contributed by atoms with Gasteiger partial charge in [-0.3, -0.25) is 0 Å². The van der Waals surface area contributed by atoms with Crippen LogP contribution in [0.4, 0.5) is 0 Å². The van der Waals surface area contributed by atoms with E-state index in [4.69, 9.17) is 4.42 Å². The van der Waals surface area contributed by atoms with Gasteiger partial charge in [0.15, 0.2) is 0 Å². The number of hydrogen-bond donors (Lipinski definition) is 0. The predicted octanol–water partition coefficient (Wildman–Crippen LogP) is 5.31. The van der Waals surface area contributed by atoms with E-state index in [-0.39, 0.29) is 0 Å². The first-order chi connectivity index (χ1) is 11.3. The van der Waals surface area contributed by atoms with Crippen LogP contribution in [0.3, 0.4) is 0 Å². The molecule has 0 atom stereocenters. The number of benzene rings is 2. The molecule has 4 heteroatoms. The van der Waals surface area contributed by atoms with Crippen molar-refractivity contribution in [2.75, 3.05) is 0 Å². The largest absolute Gasteiger partial charge is 0.420 e. The summed E-state index contributed by atoms with van der Waals surface area (Å²) in [5.74, 6) is 1.08. The second-order valence-electron chi connectivity index (χ2n) is 4.91. The third-order valence-corrected chi connectivity index (χ3v) is 3.70. The lowest BCUT2D eigenvalue weighted by atomic mass is 10.1. The molecule has 114 valence electrons. The maximum Gasteiger partial charge on any atom is 0.240 e. The van der Waals surface area contributed by atoms with Crippen molar-refractivity contribution in [1.82, 2.24) is 10.2 Å². The normalized spacial score (nSPS) is 11.5. The van der Waals surface area contributed by atoms with E-state index in [0.29, 0.717) is 17.1 Å². The van der Waals surface area contributed by atoms with Crippen LogP contribution in [0, 0.1) is 0 Å². The lowest BCUT2D eigenvalue weighted by molar-refractivity contribution is 0.507. The van der Waals surface area contributed by atoms with Crippen LogP contribution in [0.1, 0.15) is 28.5 Å². The third kappa shape index (κ3) is 4.50. The van der Waals surface area contributed by atoms with Crippen molar-refractivity contribution in [2.45, 2.75) is 5.33 Å². The molecule has 3 rings (SSSR count). The SMILES string of the molecule is BrCc1nnc(C=Cc2ccc(C=Cc3ccccc3)cc2)o1. The fourth-order valence-corrected chi connectivity index (χ4v) is 2.26. The highest BCUT2D eigenvalue weighted by molar-refractivity contribution is 9.08. The minimum Gasteiger partial charge on any atom is -0.420 e. The average molecular weight is 367 g/mol. The molecule has 3 aromatic rings. The molecule has 23 heavy (non-hydrogen) atoms. The number of alkyl halides is 1. The molecule has 1 aromatic heterocycles. The summed E-state index contributed by atoms with van der Waals surface area (Å²) in [6, 6.07) is 18.5. The topological polar surface area (TPSA) is 38.9 Å². The van der Waals surface area contributed by atoms with Crippen molar-refractivity contribution >= 4 is 40.2 Å². The summed E-state index contributed by atoms with van der Waals surface area (Å²) in [6.07, 6.45) is 7.97. The van der Waals surface area contributed by atoms with Gasteiger partial charge in [-0.05, 0) is 22.8 Å². The van der Waals surface area contributed by atoms with E-state index in [1.165, 1.54) is 5.56 Å². The minimum atomic E-state index is 0.507. The molecule has 0 aliphatic carbocycles. The summed E-state index contributed by atoms with van der Waals surface area (Å²) in [7, 11) is 0. The molecule has 2 aromatic carbocycles. The summed E-state index contributed by atoms with van der Waals surface area (Å²) in [5.41, 5.74) is 3.43. The van der Waals surface area contributed by atoms with Crippen LogP contribution in [-0.4, -0.2) is 10.2 Å². The van der Waals surface area contributed by atoms with E-state index in [2.05, 4.69) is 74.7 Å². The second kappa shape index (κ2) is 7.70. The Hall–Kier alpha value is -2.46. The molecule has 0 fully saturated rings. The van der Waals surface area contributed by atoms with Crippen molar-refractivity contribution in [3.63, 3.8) is 0 Å². The van der Waals surface area contributed by atoms with Crippen LogP contribution in [0.5, 0.6) is 0 Å². The quantitative estimate of drug-likeness (QED) is 0.453. The number of rotatable bonds is 5. The maximum atomic E-state index is 5.40. The summed E-state index contributed by atoms with van der Waals surface area (Å²) in [5, 5.41) is 8.39. The molecule has 0 N–H and O–H groups in total. The summed E-state index contributed by atoms with van der Waals surface area (Å²) in [6.45, 7) is 0. The van der Waals surface area contributed by atoms with Crippen molar-refractivity contribution < 1.29 is 4.42 Å². The Balaban J connectivity index is 1.66. The zero-order chi connectivity index (χ0) is 15.9. The lowest BCUT2D eigenvalue weighted by Crippen LogP contribution is -1.76. The molecular formula is C19H15BrN2O. The first kappa shape index (κ1) is 15.4. The van der Waals surface area contributed by atoms with Gasteiger partial charge in [0.25, 0.3) is 0 Å². The molecule has 0 radical (unpaired) electrons. The van der Waals surface area contributed by atoms with E-state index in [1.807, 2.05) is 30.4 Å². The Labute approximate surface area is 143 Å². The Morgan fingerprint density at radius 2 is 1.30 bits per heavy atom. The summed E-state index contributed by atoms with van der Waals surface area (Å²) >= 11 is 3.28. The second-order valence-corrected chi connectivity index (χ2v) is 5.47. The first-order valence-electron chi connectivity index (χ1n) is 7.23. The summed E-state index contributed by atoms with van der Waals surface area (Å²) in [4.78, 5) is 0. The van der Waals surface area contributed by atoms with E-state index >= 15 is 0 Å². The average Bonchev–Trinajstić information content (AvgIpc) is 3.08. The van der Waals surface area contributed by atoms with Gasteiger partial charge in [0.2, 0.25) is 11.8 Å². The molecule has 3 nitrogen and oxygen atoms in total. The van der Waals surface area contributed by atoms with E-state index in [1.54, 1.807) is 0 Å². The highest BCUT2D eigenvalue weighted by atomic mass is 79.9. The zero-order valence-corrected chi connectivity index (χ0v) is 14.0. The molecular weight excluding hydrogens is 352 g/mol. The fraction of sp³-hybridized carbons (Fsp3) is 0.0526. The van der Waals surface area contributed by atoms with Gasteiger partial charge in [-0.1, -0.05) is 82.7 Å². The smallest absolute Gasteiger partial charge is 0.240 e. The number of aromatic nitrogens is 2. The highest BCUT2D eigenvalue weighted by Crippen LogP contribution is 2.12. The molecule has 0 spiro atoms. The van der Waals surface area contributed by atoms with Crippen molar-refractivity contribution in [3.05, 3.63) is 83.1 Å². The lowest BCUT2D eigenvalue weighted by Gasteiger charge is -1.96. The molecule has 0 aliphatic heterocycles. The van der Waals surface area contributed by atoms with Gasteiger partial charge in [0.05, 0.1) is 5.33 Å². The van der Waals surface area contributed by atoms with Gasteiger partial charge in [-0.2, -0.15) is 0 Å². The molecule has 0 unspecified atom stereocenters. The molecule has 0 saturated heterocycles. The maximum absolute atomic E-state index is 5.40. The zero-order valence-electron chi connectivity index (χ0n) is 12.4. The van der Waals surface area contributed by atoms with Crippen molar-refractivity contribution in [2.24, 2.45) is 0 Å². The predicted molar refractivity (Wildman–Crippen MR) is 97.7 cm³/mol.